The maximum atomic E-state index is 12.5. The molecule has 0 bridgehead atoms. The van der Waals surface area contributed by atoms with Crippen molar-refractivity contribution < 1.29 is 4.79 Å². The summed E-state index contributed by atoms with van der Waals surface area (Å²) in [6, 6.07) is 16.6. The van der Waals surface area contributed by atoms with Crippen molar-refractivity contribution in [3.05, 3.63) is 69.7 Å². The molecule has 0 aromatic heterocycles. The van der Waals surface area contributed by atoms with Crippen molar-refractivity contribution in [2.75, 3.05) is 7.05 Å². The van der Waals surface area contributed by atoms with Crippen LogP contribution in [0.15, 0.2) is 53.0 Å². The van der Waals surface area contributed by atoms with Gasteiger partial charge >= 0.3 is 0 Å². The van der Waals surface area contributed by atoms with Gasteiger partial charge in [0.25, 0.3) is 0 Å². The molecule has 1 amide bonds. The summed E-state index contributed by atoms with van der Waals surface area (Å²) in [4.78, 5) is 14.4. The highest BCUT2D eigenvalue weighted by Crippen LogP contribution is 2.35. The van der Waals surface area contributed by atoms with Gasteiger partial charge < -0.3 is 4.90 Å². The molecule has 3 heteroatoms. The molecular formula is C19H20BrNO. The van der Waals surface area contributed by atoms with E-state index >= 15 is 0 Å². The van der Waals surface area contributed by atoms with Gasteiger partial charge in [-0.3, -0.25) is 4.79 Å². The number of halogens is 1. The minimum Gasteiger partial charge on any atom is -0.341 e. The number of rotatable bonds is 4. The molecule has 0 fully saturated rings. The molecule has 0 N–H and O–H groups in total. The van der Waals surface area contributed by atoms with Crippen molar-refractivity contribution in [3.8, 4) is 0 Å². The van der Waals surface area contributed by atoms with Gasteiger partial charge in [0, 0.05) is 24.5 Å². The van der Waals surface area contributed by atoms with E-state index in [0.29, 0.717) is 18.9 Å². The largest absolute Gasteiger partial charge is 0.341 e. The third-order valence-electron chi connectivity index (χ3n) is 4.47. The van der Waals surface area contributed by atoms with Crippen molar-refractivity contribution in [1.82, 2.24) is 4.90 Å². The highest BCUT2D eigenvalue weighted by Gasteiger charge is 2.25. The molecule has 0 radical (unpaired) electrons. The predicted molar refractivity (Wildman–Crippen MR) is 92.7 cm³/mol. The molecule has 0 spiro atoms. The lowest BCUT2D eigenvalue weighted by Gasteiger charge is -2.20. The van der Waals surface area contributed by atoms with E-state index in [2.05, 4.69) is 46.3 Å². The van der Waals surface area contributed by atoms with E-state index in [0.717, 1.165) is 22.9 Å². The van der Waals surface area contributed by atoms with Crippen LogP contribution in [0.2, 0.25) is 0 Å². The number of amides is 1. The monoisotopic (exact) mass is 357 g/mol. The van der Waals surface area contributed by atoms with Crippen LogP contribution in [-0.2, 0) is 17.8 Å². The lowest BCUT2D eigenvalue weighted by Crippen LogP contribution is -2.27. The van der Waals surface area contributed by atoms with Gasteiger partial charge in [-0.25, -0.2) is 0 Å². The molecule has 2 nitrogen and oxygen atoms in total. The predicted octanol–water partition coefficient (Wildman–Crippen LogP) is 4.53. The van der Waals surface area contributed by atoms with E-state index in [9.17, 15) is 4.79 Å². The van der Waals surface area contributed by atoms with Crippen LogP contribution >= 0.6 is 15.9 Å². The van der Waals surface area contributed by atoms with Crippen LogP contribution in [0.5, 0.6) is 0 Å². The number of aryl methyl sites for hydroxylation is 1. The van der Waals surface area contributed by atoms with Gasteiger partial charge in [-0.1, -0.05) is 58.4 Å². The number of hydrogen-bond donors (Lipinski definition) is 0. The smallest absolute Gasteiger partial charge is 0.223 e. The summed E-state index contributed by atoms with van der Waals surface area (Å²) >= 11 is 3.55. The molecule has 2 aromatic carbocycles. The van der Waals surface area contributed by atoms with Crippen LogP contribution in [0.4, 0.5) is 0 Å². The highest BCUT2D eigenvalue weighted by atomic mass is 79.9. The van der Waals surface area contributed by atoms with Crippen LogP contribution in [0.25, 0.3) is 0 Å². The zero-order valence-corrected chi connectivity index (χ0v) is 14.3. The Bertz CT molecular complexity index is 683. The molecule has 0 saturated carbocycles. The minimum absolute atomic E-state index is 0.220. The summed E-state index contributed by atoms with van der Waals surface area (Å²) in [5.74, 6) is 0.600. The average molecular weight is 358 g/mol. The van der Waals surface area contributed by atoms with Crippen LogP contribution in [0.3, 0.4) is 0 Å². The van der Waals surface area contributed by atoms with Crippen LogP contribution in [-0.4, -0.2) is 17.9 Å². The average Bonchev–Trinajstić information content (AvgIpc) is 2.93. The first-order valence-electron chi connectivity index (χ1n) is 7.70. The Morgan fingerprint density at radius 2 is 1.91 bits per heavy atom. The lowest BCUT2D eigenvalue weighted by molar-refractivity contribution is -0.130. The summed E-state index contributed by atoms with van der Waals surface area (Å²) in [6.07, 6.45) is 2.80. The number of carbonyl (C=O) groups is 1. The van der Waals surface area contributed by atoms with Crippen LogP contribution < -0.4 is 0 Å². The van der Waals surface area contributed by atoms with E-state index in [1.54, 1.807) is 0 Å². The second-order valence-corrected chi connectivity index (χ2v) is 6.83. The topological polar surface area (TPSA) is 20.3 Å². The van der Waals surface area contributed by atoms with Gasteiger partial charge in [0.05, 0.1) is 0 Å². The van der Waals surface area contributed by atoms with Crippen molar-refractivity contribution >= 4 is 21.8 Å². The normalized spacial score (nSPS) is 16.4. The minimum atomic E-state index is 0.220. The van der Waals surface area contributed by atoms with Crippen LogP contribution in [0.1, 0.15) is 35.4 Å². The number of nitrogens with zero attached hydrogens (tertiary/aromatic N) is 1. The molecule has 1 unspecified atom stereocenters. The van der Waals surface area contributed by atoms with Gasteiger partial charge in [0.1, 0.15) is 0 Å². The summed E-state index contributed by atoms with van der Waals surface area (Å²) < 4.78 is 1.06. The molecule has 3 rings (SSSR count). The van der Waals surface area contributed by atoms with Crippen molar-refractivity contribution in [3.63, 3.8) is 0 Å². The summed E-state index contributed by atoms with van der Waals surface area (Å²) in [6.45, 7) is 0.647. The van der Waals surface area contributed by atoms with Gasteiger partial charge in [-0.15, -0.1) is 0 Å². The number of benzene rings is 2. The molecular weight excluding hydrogens is 338 g/mol. The first kappa shape index (κ1) is 15.3. The Morgan fingerprint density at radius 1 is 1.18 bits per heavy atom. The molecule has 22 heavy (non-hydrogen) atoms. The van der Waals surface area contributed by atoms with E-state index in [-0.39, 0.29) is 5.91 Å². The third kappa shape index (κ3) is 3.25. The van der Waals surface area contributed by atoms with Crippen molar-refractivity contribution in [1.29, 1.82) is 0 Å². The van der Waals surface area contributed by atoms with E-state index in [1.807, 2.05) is 30.1 Å². The van der Waals surface area contributed by atoms with E-state index in [1.165, 1.54) is 11.1 Å². The van der Waals surface area contributed by atoms with Gasteiger partial charge in [0.15, 0.2) is 0 Å². The first-order chi connectivity index (χ1) is 10.6. The van der Waals surface area contributed by atoms with Crippen molar-refractivity contribution in [2.45, 2.75) is 31.7 Å². The fourth-order valence-electron chi connectivity index (χ4n) is 3.19. The molecule has 1 aliphatic carbocycles. The van der Waals surface area contributed by atoms with E-state index in [4.69, 9.17) is 0 Å². The fourth-order valence-corrected chi connectivity index (χ4v) is 3.60. The molecule has 1 atom stereocenters. The number of hydrogen-bond acceptors (Lipinski definition) is 1. The SMILES string of the molecule is CN(Cc1ccccc1Br)C(=O)CC1CCc2ccccc21. The van der Waals surface area contributed by atoms with Crippen molar-refractivity contribution in [2.24, 2.45) is 0 Å². The molecule has 2 aromatic rings. The third-order valence-corrected chi connectivity index (χ3v) is 5.24. The molecule has 0 heterocycles. The van der Waals surface area contributed by atoms with Gasteiger partial charge in [-0.05, 0) is 41.5 Å². The number of fused-ring (bicyclic) bond motifs is 1. The zero-order chi connectivity index (χ0) is 15.5. The Kier molecular flexibility index (Phi) is 4.63. The van der Waals surface area contributed by atoms with Gasteiger partial charge in [-0.2, -0.15) is 0 Å². The Morgan fingerprint density at radius 3 is 2.73 bits per heavy atom. The zero-order valence-electron chi connectivity index (χ0n) is 12.8. The Balaban J connectivity index is 1.64. The standard InChI is InChI=1S/C19H20BrNO/c1-21(13-16-7-3-5-9-18(16)20)19(22)12-15-11-10-14-6-2-4-8-17(14)15/h2-9,15H,10-13H2,1H3. The fraction of sp³-hybridized carbons (Fsp3) is 0.316. The highest BCUT2D eigenvalue weighted by molar-refractivity contribution is 9.10. The Hall–Kier alpha value is -1.61. The molecule has 0 saturated heterocycles. The van der Waals surface area contributed by atoms with Gasteiger partial charge in [0.2, 0.25) is 5.91 Å². The summed E-state index contributed by atoms with van der Waals surface area (Å²) in [7, 11) is 1.89. The van der Waals surface area contributed by atoms with E-state index < -0.39 is 0 Å². The van der Waals surface area contributed by atoms with Crippen LogP contribution in [0, 0.1) is 0 Å². The number of carbonyl (C=O) groups excluding carboxylic acids is 1. The molecule has 114 valence electrons. The quantitative estimate of drug-likeness (QED) is 0.787. The Labute approximate surface area is 140 Å². The second kappa shape index (κ2) is 6.66. The first-order valence-corrected chi connectivity index (χ1v) is 8.49. The summed E-state index contributed by atoms with van der Waals surface area (Å²) in [5.41, 5.74) is 3.92. The molecule has 0 aliphatic heterocycles. The maximum Gasteiger partial charge on any atom is 0.223 e. The molecule has 1 aliphatic rings. The maximum absolute atomic E-state index is 12.5. The lowest BCUT2D eigenvalue weighted by atomic mass is 9.97. The second-order valence-electron chi connectivity index (χ2n) is 5.98. The summed E-state index contributed by atoms with van der Waals surface area (Å²) in [5, 5.41) is 0.